The molecule has 2 aromatic heterocycles. The summed E-state index contributed by atoms with van der Waals surface area (Å²) in [6, 6.07) is 26.2. The van der Waals surface area contributed by atoms with E-state index in [-0.39, 0.29) is 10.8 Å². The van der Waals surface area contributed by atoms with E-state index in [9.17, 15) is 0 Å². The summed E-state index contributed by atoms with van der Waals surface area (Å²) in [5.41, 5.74) is 17.2. The molecule has 8 rings (SSSR count). The van der Waals surface area contributed by atoms with Gasteiger partial charge in [0, 0.05) is 46.7 Å². The fourth-order valence-corrected chi connectivity index (χ4v) is 8.56. The van der Waals surface area contributed by atoms with E-state index in [1.165, 1.54) is 55.8 Å². The molecule has 7 aromatic rings. The average Bonchev–Trinajstić information content (AvgIpc) is 3.90. The van der Waals surface area contributed by atoms with E-state index in [1.54, 1.807) is 0 Å². The number of para-hydroxylation sites is 1. The Balaban J connectivity index is 1.19. The second kappa shape index (κ2) is 13.7. The van der Waals surface area contributed by atoms with Crippen LogP contribution in [-0.4, -0.2) is 26.0 Å². The molecule has 0 radical (unpaired) electrons. The molecule has 7 nitrogen and oxygen atoms in total. The molecule has 0 amide bonds. The first-order valence-electron chi connectivity index (χ1n) is 20.1. The van der Waals surface area contributed by atoms with Gasteiger partial charge >= 0.3 is 0 Å². The van der Waals surface area contributed by atoms with Crippen LogP contribution in [0.1, 0.15) is 91.6 Å². The maximum Gasteiger partial charge on any atom is 0.240 e. The van der Waals surface area contributed by atoms with Gasteiger partial charge in [0.1, 0.15) is 17.8 Å². The minimum Gasteiger partial charge on any atom is -0.457 e. The molecule has 0 aliphatic carbocycles. The van der Waals surface area contributed by atoms with Crippen molar-refractivity contribution in [2.24, 2.45) is 0 Å². The topological polar surface area (TPSA) is 51.4 Å². The number of hydrogen-bond donors (Lipinski definition) is 0. The number of aryl methyl sites for hydroxylation is 2. The molecule has 0 bridgehead atoms. The summed E-state index contributed by atoms with van der Waals surface area (Å²) in [6.07, 6.45) is 6.23. The Morgan fingerprint density at radius 2 is 1.16 bits per heavy atom. The predicted octanol–water partition coefficient (Wildman–Crippen LogP) is 12.7. The number of anilines is 2. The Morgan fingerprint density at radius 1 is 0.561 bits per heavy atom. The molecular formula is C50H56N6O. The lowest BCUT2D eigenvalue weighted by Gasteiger charge is -2.28. The molecule has 0 spiro atoms. The van der Waals surface area contributed by atoms with Crippen molar-refractivity contribution in [3.63, 3.8) is 0 Å². The molecule has 7 heteroatoms. The fourth-order valence-electron chi connectivity index (χ4n) is 8.56. The molecule has 0 fully saturated rings. The molecule has 0 atom stereocenters. The zero-order valence-corrected chi connectivity index (χ0v) is 36.0. The first kappa shape index (κ1) is 38.1. The first-order chi connectivity index (χ1) is 26.9. The molecule has 0 saturated heterocycles. The van der Waals surface area contributed by atoms with Crippen LogP contribution in [0.25, 0.3) is 33.4 Å². The first-order valence-corrected chi connectivity index (χ1v) is 20.1. The highest BCUT2D eigenvalue weighted by Crippen LogP contribution is 2.40. The maximum absolute atomic E-state index is 6.86. The molecule has 1 aliphatic rings. The number of aromatic nitrogens is 4. The Bertz CT molecular complexity index is 2700. The van der Waals surface area contributed by atoms with Crippen molar-refractivity contribution >= 4 is 33.2 Å². The van der Waals surface area contributed by atoms with Crippen LogP contribution >= 0.6 is 0 Å². The van der Waals surface area contributed by atoms with Crippen molar-refractivity contribution in [3.8, 4) is 23.1 Å². The summed E-state index contributed by atoms with van der Waals surface area (Å²) in [4.78, 5) is 4.69. The van der Waals surface area contributed by atoms with Crippen LogP contribution in [0.3, 0.4) is 0 Å². The highest BCUT2D eigenvalue weighted by molar-refractivity contribution is 6.09. The second-order valence-corrected chi connectivity index (χ2v) is 18.2. The van der Waals surface area contributed by atoms with E-state index in [4.69, 9.17) is 9.84 Å². The number of fused-ring (bicyclic) bond motifs is 3. The van der Waals surface area contributed by atoms with Gasteiger partial charge in [-0.15, -0.1) is 10.2 Å². The van der Waals surface area contributed by atoms with Crippen molar-refractivity contribution in [3.05, 3.63) is 142 Å². The van der Waals surface area contributed by atoms with E-state index in [0.717, 1.165) is 57.3 Å². The van der Waals surface area contributed by atoms with Gasteiger partial charge in [-0.1, -0.05) is 71.9 Å². The molecule has 5 aromatic carbocycles. The Kier molecular flexibility index (Phi) is 9.14. The standard InChI is InChI=1S/C50H56N6O/c1-30-22-37(49(8,9)10)23-31(2)46(30)55-28-51-52-48(55)56-44-17-15-14-16-42(44)43-19-18-40(27-45(43)56)57-41-25-38(50(11,12)13)24-39(26-41)53-20-21-54(29-53)47-35(6)33(4)32(3)34(5)36(47)7/h14-28H,29H2,1-13H3. The zero-order valence-electron chi connectivity index (χ0n) is 36.0. The third-order valence-corrected chi connectivity index (χ3v) is 12.3. The van der Waals surface area contributed by atoms with Crippen LogP contribution in [0.5, 0.6) is 11.5 Å². The third-order valence-electron chi connectivity index (χ3n) is 12.3. The highest BCUT2D eigenvalue weighted by atomic mass is 16.5. The van der Waals surface area contributed by atoms with Crippen molar-refractivity contribution in [1.29, 1.82) is 0 Å². The number of rotatable bonds is 6. The molecule has 0 saturated carbocycles. The minimum absolute atomic E-state index is 0.0457. The van der Waals surface area contributed by atoms with Gasteiger partial charge in [0.05, 0.1) is 23.4 Å². The Labute approximate surface area is 338 Å². The lowest BCUT2D eigenvalue weighted by Crippen LogP contribution is -2.26. The van der Waals surface area contributed by atoms with E-state index >= 15 is 0 Å². The largest absolute Gasteiger partial charge is 0.457 e. The highest BCUT2D eigenvalue weighted by Gasteiger charge is 2.25. The summed E-state index contributed by atoms with van der Waals surface area (Å²) >= 11 is 0. The van der Waals surface area contributed by atoms with Crippen molar-refractivity contribution < 1.29 is 4.74 Å². The summed E-state index contributed by atoms with van der Waals surface area (Å²) in [7, 11) is 0. The van der Waals surface area contributed by atoms with E-state index in [1.807, 2.05) is 6.33 Å². The molecule has 0 unspecified atom stereocenters. The van der Waals surface area contributed by atoms with Gasteiger partial charge in [0.15, 0.2) is 0 Å². The number of benzene rings is 5. The molecule has 292 valence electrons. The van der Waals surface area contributed by atoms with Gasteiger partial charge in [-0.25, -0.2) is 0 Å². The zero-order chi connectivity index (χ0) is 40.7. The maximum atomic E-state index is 6.86. The normalized spacial score (nSPS) is 13.5. The van der Waals surface area contributed by atoms with Crippen LogP contribution in [0.2, 0.25) is 0 Å². The number of hydrogen-bond acceptors (Lipinski definition) is 5. The molecular weight excluding hydrogens is 701 g/mol. The quantitative estimate of drug-likeness (QED) is 0.169. The van der Waals surface area contributed by atoms with Gasteiger partial charge in [-0.2, -0.15) is 0 Å². The van der Waals surface area contributed by atoms with Crippen LogP contribution in [0, 0.1) is 48.5 Å². The van der Waals surface area contributed by atoms with E-state index in [0.29, 0.717) is 0 Å². The predicted molar refractivity (Wildman–Crippen MR) is 238 cm³/mol. The molecule has 57 heavy (non-hydrogen) atoms. The van der Waals surface area contributed by atoms with Crippen LogP contribution in [0.4, 0.5) is 11.4 Å². The average molecular weight is 757 g/mol. The van der Waals surface area contributed by atoms with Gasteiger partial charge in [-0.05, 0) is 140 Å². The fraction of sp³-hybridized carbons (Fsp3) is 0.320. The van der Waals surface area contributed by atoms with Gasteiger partial charge in [-0.3, -0.25) is 9.13 Å². The summed E-state index contributed by atoms with van der Waals surface area (Å²) < 4.78 is 11.2. The van der Waals surface area contributed by atoms with E-state index < -0.39 is 0 Å². The molecule has 0 N–H and O–H groups in total. The van der Waals surface area contributed by atoms with Crippen molar-refractivity contribution in [2.75, 3.05) is 16.5 Å². The second-order valence-electron chi connectivity index (χ2n) is 18.2. The van der Waals surface area contributed by atoms with Crippen LogP contribution < -0.4 is 14.5 Å². The SMILES string of the molecule is Cc1cc(C(C)(C)C)cc(C)c1-n1cnnc1-n1c2ccccc2c2ccc(Oc3cc(N4C=CN(c5c(C)c(C)c(C)c(C)c5C)C4)cc(C(C)(C)C)c3)cc21. The van der Waals surface area contributed by atoms with Gasteiger partial charge < -0.3 is 14.5 Å². The van der Waals surface area contributed by atoms with Gasteiger partial charge in [0.2, 0.25) is 5.95 Å². The van der Waals surface area contributed by atoms with Crippen molar-refractivity contribution in [2.45, 2.75) is 101 Å². The van der Waals surface area contributed by atoms with Gasteiger partial charge in [0.25, 0.3) is 0 Å². The Morgan fingerprint density at radius 3 is 1.82 bits per heavy atom. The van der Waals surface area contributed by atoms with E-state index in [2.05, 4.69) is 199 Å². The van der Waals surface area contributed by atoms with Crippen LogP contribution in [-0.2, 0) is 10.8 Å². The monoisotopic (exact) mass is 756 g/mol. The summed E-state index contributed by atoms with van der Waals surface area (Å²) in [5, 5.41) is 11.5. The lowest BCUT2D eigenvalue weighted by molar-refractivity contribution is 0.479. The summed E-state index contributed by atoms with van der Waals surface area (Å²) in [5.74, 6) is 2.29. The smallest absolute Gasteiger partial charge is 0.240 e. The van der Waals surface area contributed by atoms with Crippen molar-refractivity contribution in [1.82, 2.24) is 19.3 Å². The number of ether oxygens (including phenoxy) is 1. The molecule has 1 aliphatic heterocycles. The number of nitrogens with zero attached hydrogens (tertiary/aromatic N) is 6. The molecule has 3 heterocycles. The van der Waals surface area contributed by atoms with Crippen LogP contribution in [0.15, 0.2) is 91.5 Å². The minimum atomic E-state index is -0.0859. The summed E-state index contributed by atoms with van der Waals surface area (Å²) in [6.45, 7) is 29.8. The third kappa shape index (κ3) is 6.57. The lowest BCUT2D eigenvalue weighted by atomic mass is 9.85. The Hall–Kier alpha value is -5.82.